The van der Waals surface area contributed by atoms with Crippen LogP contribution in [0.3, 0.4) is 0 Å². The molecule has 0 fully saturated rings. The van der Waals surface area contributed by atoms with Crippen molar-refractivity contribution >= 4 is 33.1 Å². The topological polar surface area (TPSA) is 38.7 Å². The van der Waals surface area contributed by atoms with Gasteiger partial charge in [-0.2, -0.15) is 9.97 Å². The Morgan fingerprint density at radius 3 is 1.88 bits per heavy atom. The average Bonchev–Trinajstić information content (AvgIpc) is 2.88. The van der Waals surface area contributed by atoms with E-state index < -0.39 is 0 Å². The zero-order chi connectivity index (χ0) is 22.2. The summed E-state index contributed by atoms with van der Waals surface area (Å²) in [6.07, 6.45) is 0. The van der Waals surface area contributed by atoms with Crippen LogP contribution in [0.4, 0.5) is 0 Å². The first-order valence-electron chi connectivity index (χ1n) is 10.7. The van der Waals surface area contributed by atoms with E-state index in [1.54, 1.807) is 0 Å². The summed E-state index contributed by atoms with van der Waals surface area (Å²) in [4.78, 5) is 13.6. The van der Waals surface area contributed by atoms with Gasteiger partial charge < -0.3 is 0 Å². The quantitative estimate of drug-likeness (QED) is 0.279. The fourth-order valence-electron chi connectivity index (χ4n) is 4.23. The maximum Gasteiger partial charge on any atom is 0.226 e. The summed E-state index contributed by atoms with van der Waals surface area (Å²) in [5.41, 5.74) is 4.20. The highest BCUT2D eigenvalue weighted by Gasteiger charge is 2.12. The predicted octanol–water partition coefficient (Wildman–Crippen LogP) is 7.83. The Labute approximate surface area is 196 Å². The smallest absolute Gasteiger partial charge is 0.208 e. The van der Waals surface area contributed by atoms with Crippen molar-refractivity contribution in [3.63, 3.8) is 0 Å². The first-order chi connectivity index (χ1) is 16.2. The highest BCUT2D eigenvalue weighted by atomic mass is 35.5. The molecule has 0 bridgehead atoms. The van der Waals surface area contributed by atoms with Gasteiger partial charge in [0.05, 0.1) is 0 Å². The molecule has 0 saturated carbocycles. The Morgan fingerprint density at radius 2 is 1.09 bits per heavy atom. The van der Waals surface area contributed by atoms with Gasteiger partial charge in [0.1, 0.15) is 0 Å². The van der Waals surface area contributed by atoms with E-state index >= 15 is 0 Å². The molecule has 33 heavy (non-hydrogen) atoms. The van der Waals surface area contributed by atoms with E-state index in [-0.39, 0.29) is 5.28 Å². The van der Waals surface area contributed by atoms with Crippen LogP contribution in [0.5, 0.6) is 0 Å². The first-order valence-corrected chi connectivity index (χ1v) is 11.1. The summed E-state index contributed by atoms with van der Waals surface area (Å²) in [5.74, 6) is 1.12. The molecule has 5 aromatic carbocycles. The zero-order valence-electron chi connectivity index (χ0n) is 17.6. The summed E-state index contributed by atoms with van der Waals surface area (Å²) in [6, 6.07) is 37.4. The van der Waals surface area contributed by atoms with Gasteiger partial charge in [0.25, 0.3) is 0 Å². The van der Waals surface area contributed by atoms with Gasteiger partial charge in [0.2, 0.25) is 5.28 Å². The molecule has 6 aromatic rings. The Bertz CT molecular complexity index is 1630. The van der Waals surface area contributed by atoms with E-state index in [1.807, 2.05) is 30.3 Å². The van der Waals surface area contributed by atoms with Gasteiger partial charge in [-0.1, -0.05) is 97.1 Å². The lowest BCUT2D eigenvalue weighted by molar-refractivity contribution is 1.07. The second kappa shape index (κ2) is 8.12. The van der Waals surface area contributed by atoms with Crippen molar-refractivity contribution in [3.05, 3.63) is 114 Å². The van der Waals surface area contributed by atoms with Crippen LogP contribution in [-0.2, 0) is 0 Å². The van der Waals surface area contributed by atoms with E-state index in [0.717, 1.165) is 21.9 Å². The molecule has 1 heterocycles. The summed E-state index contributed by atoms with van der Waals surface area (Å²) >= 11 is 6.33. The first kappa shape index (κ1) is 19.6. The number of benzene rings is 5. The molecule has 0 atom stereocenters. The van der Waals surface area contributed by atoms with Crippen molar-refractivity contribution in [1.82, 2.24) is 15.0 Å². The van der Waals surface area contributed by atoms with E-state index in [9.17, 15) is 0 Å². The molecule has 0 aliphatic heterocycles. The van der Waals surface area contributed by atoms with Crippen LogP contribution in [0.25, 0.3) is 55.4 Å². The number of hydrogen-bond acceptors (Lipinski definition) is 3. The maximum absolute atomic E-state index is 6.33. The molecule has 4 heteroatoms. The van der Waals surface area contributed by atoms with Crippen molar-refractivity contribution in [2.45, 2.75) is 0 Å². The largest absolute Gasteiger partial charge is 0.226 e. The van der Waals surface area contributed by atoms with Crippen LogP contribution >= 0.6 is 11.6 Å². The maximum atomic E-state index is 6.33. The molecule has 0 N–H and O–H groups in total. The van der Waals surface area contributed by atoms with E-state index in [0.29, 0.717) is 11.6 Å². The molecule has 6 rings (SSSR count). The monoisotopic (exact) mass is 443 g/mol. The fourth-order valence-corrected chi connectivity index (χ4v) is 4.39. The second-order valence-corrected chi connectivity index (χ2v) is 8.26. The lowest BCUT2D eigenvalue weighted by Crippen LogP contribution is -1.97. The van der Waals surface area contributed by atoms with Crippen molar-refractivity contribution in [2.24, 2.45) is 0 Å². The summed E-state index contributed by atoms with van der Waals surface area (Å²) in [7, 11) is 0. The molecule has 0 unspecified atom stereocenters. The molecular weight excluding hydrogens is 426 g/mol. The Hall–Kier alpha value is -4.08. The van der Waals surface area contributed by atoms with Crippen molar-refractivity contribution in [1.29, 1.82) is 0 Å². The van der Waals surface area contributed by atoms with Gasteiger partial charge in [-0.3, -0.25) is 0 Å². The molecule has 0 aliphatic carbocycles. The number of halogens is 1. The summed E-state index contributed by atoms with van der Waals surface area (Å²) < 4.78 is 0. The van der Waals surface area contributed by atoms with Gasteiger partial charge in [-0.15, -0.1) is 0 Å². The van der Waals surface area contributed by atoms with Gasteiger partial charge in [0.15, 0.2) is 11.6 Å². The Balaban J connectivity index is 1.45. The van der Waals surface area contributed by atoms with E-state index in [1.165, 1.54) is 21.9 Å². The van der Waals surface area contributed by atoms with Crippen molar-refractivity contribution in [2.75, 3.05) is 0 Å². The minimum Gasteiger partial charge on any atom is -0.208 e. The molecular formula is C29H18ClN3. The highest BCUT2D eigenvalue weighted by molar-refractivity contribution is 6.28. The zero-order valence-corrected chi connectivity index (χ0v) is 18.4. The summed E-state index contributed by atoms with van der Waals surface area (Å²) in [5, 5.41) is 4.79. The molecule has 1 aromatic heterocycles. The predicted molar refractivity (Wildman–Crippen MR) is 136 cm³/mol. The van der Waals surface area contributed by atoms with Gasteiger partial charge in [0, 0.05) is 11.1 Å². The van der Waals surface area contributed by atoms with Crippen LogP contribution in [0.2, 0.25) is 5.28 Å². The van der Waals surface area contributed by atoms with Crippen LogP contribution in [0, 0.1) is 0 Å². The molecule has 0 saturated heterocycles. The fraction of sp³-hybridized carbons (Fsp3) is 0. The van der Waals surface area contributed by atoms with Gasteiger partial charge in [-0.05, 0) is 56.4 Å². The average molecular weight is 444 g/mol. The van der Waals surface area contributed by atoms with Crippen LogP contribution in [0.1, 0.15) is 0 Å². The van der Waals surface area contributed by atoms with Crippen molar-refractivity contribution in [3.8, 4) is 33.9 Å². The number of fused-ring (bicyclic) bond motifs is 2. The van der Waals surface area contributed by atoms with Gasteiger partial charge in [-0.25, -0.2) is 4.98 Å². The van der Waals surface area contributed by atoms with E-state index in [4.69, 9.17) is 16.6 Å². The highest BCUT2D eigenvalue weighted by Crippen LogP contribution is 2.32. The molecule has 0 radical (unpaired) electrons. The summed E-state index contributed by atoms with van der Waals surface area (Å²) in [6.45, 7) is 0. The Kier molecular flexibility index (Phi) is 4.82. The number of aromatic nitrogens is 3. The normalized spacial score (nSPS) is 11.2. The lowest BCUT2D eigenvalue weighted by atomic mass is 9.97. The minimum atomic E-state index is 0.182. The Morgan fingerprint density at radius 1 is 0.455 bits per heavy atom. The van der Waals surface area contributed by atoms with Gasteiger partial charge >= 0.3 is 0 Å². The number of hydrogen-bond donors (Lipinski definition) is 0. The SMILES string of the molecule is Clc1nc(-c2ccc3ccccc3c2)nc(-c2ccc3c(-c4ccccc4)cccc3c2)n1. The molecule has 3 nitrogen and oxygen atoms in total. The molecule has 156 valence electrons. The van der Waals surface area contributed by atoms with Crippen LogP contribution in [-0.4, -0.2) is 15.0 Å². The lowest BCUT2D eigenvalue weighted by Gasteiger charge is -2.10. The number of nitrogens with zero attached hydrogens (tertiary/aromatic N) is 3. The molecule has 0 spiro atoms. The third-order valence-electron chi connectivity index (χ3n) is 5.84. The van der Waals surface area contributed by atoms with Crippen LogP contribution < -0.4 is 0 Å². The van der Waals surface area contributed by atoms with Crippen LogP contribution in [0.15, 0.2) is 109 Å². The second-order valence-electron chi connectivity index (χ2n) is 7.92. The molecule has 0 amide bonds. The third kappa shape index (κ3) is 3.73. The molecule has 0 aliphatic rings. The number of rotatable bonds is 3. The third-order valence-corrected chi connectivity index (χ3v) is 6.01. The van der Waals surface area contributed by atoms with Crippen molar-refractivity contribution < 1.29 is 0 Å². The minimum absolute atomic E-state index is 0.182. The standard InChI is InChI=1S/C29H18ClN3/c30-29-32-27(23-14-13-19-7-4-5-10-21(19)17-23)31-28(33-29)24-15-16-26-22(18-24)11-6-12-25(26)20-8-2-1-3-9-20/h1-18H. The van der Waals surface area contributed by atoms with E-state index in [2.05, 4.69) is 88.8 Å².